The largest absolute Gasteiger partial charge is 0.480 e. The molecule has 13 heavy (non-hydrogen) atoms. The van der Waals surface area contributed by atoms with E-state index in [2.05, 4.69) is 21.2 Å². The molecule has 1 amide bonds. The standard InChI is InChI=1S/C8H7BrN2O2/c9-5-1-4(10)2-6-8(5)13-3-7(12)11-6/h1-2H,3,10H2,(H,11,12). The van der Waals surface area contributed by atoms with Gasteiger partial charge in [0.05, 0.1) is 10.2 Å². The van der Waals surface area contributed by atoms with Crippen molar-refractivity contribution in [3.05, 3.63) is 16.6 Å². The predicted molar refractivity (Wildman–Crippen MR) is 52.7 cm³/mol. The van der Waals surface area contributed by atoms with Crippen LogP contribution in [0.15, 0.2) is 16.6 Å². The molecule has 3 N–H and O–H groups in total. The topological polar surface area (TPSA) is 64.3 Å². The first-order chi connectivity index (χ1) is 6.16. The first kappa shape index (κ1) is 8.37. The third kappa shape index (κ3) is 1.47. The molecule has 1 aromatic rings. The second-order valence-electron chi connectivity index (χ2n) is 2.72. The second kappa shape index (κ2) is 2.92. The lowest BCUT2D eigenvalue weighted by Crippen LogP contribution is -2.25. The summed E-state index contributed by atoms with van der Waals surface area (Å²) in [6.45, 7) is 0.0511. The fraction of sp³-hybridized carbons (Fsp3) is 0.125. The number of carbonyl (C=O) groups excluding carboxylic acids is 1. The third-order valence-corrected chi connectivity index (χ3v) is 2.28. The lowest BCUT2D eigenvalue weighted by Gasteiger charge is -2.19. The van der Waals surface area contributed by atoms with Crippen LogP contribution in [0.1, 0.15) is 0 Å². The van der Waals surface area contributed by atoms with Gasteiger partial charge in [-0.25, -0.2) is 0 Å². The highest BCUT2D eigenvalue weighted by atomic mass is 79.9. The molecule has 0 atom stereocenters. The van der Waals surface area contributed by atoms with E-state index in [0.717, 1.165) is 4.47 Å². The molecule has 2 rings (SSSR count). The maximum atomic E-state index is 11.0. The molecule has 0 aliphatic carbocycles. The van der Waals surface area contributed by atoms with E-state index in [4.69, 9.17) is 10.5 Å². The second-order valence-corrected chi connectivity index (χ2v) is 3.57. The van der Waals surface area contributed by atoms with Crippen molar-refractivity contribution < 1.29 is 9.53 Å². The van der Waals surface area contributed by atoms with Crippen molar-refractivity contribution in [1.29, 1.82) is 0 Å². The number of fused-ring (bicyclic) bond motifs is 1. The van der Waals surface area contributed by atoms with Crippen LogP contribution in [0.2, 0.25) is 0 Å². The SMILES string of the molecule is Nc1cc(Br)c2c(c1)NC(=O)CO2. The van der Waals surface area contributed by atoms with E-state index in [-0.39, 0.29) is 12.5 Å². The lowest BCUT2D eigenvalue weighted by atomic mass is 10.2. The van der Waals surface area contributed by atoms with Crippen molar-refractivity contribution in [2.75, 3.05) is 17.7 Å². The summed E-state index contributed by atoms with van der Waals surface area (Å²) in [6, 6.07) is 3.40. The minimum atomic E-state index is -0.162. The van der Waals surface area contributed by atoms with Crippen molar-refractivity contribution in [1.82, 2.24) is 0 Å². The molecular formula is C8H7BrN2O2. The van der Waals surface area contributed by atoms with Crippen molar-refractivity contribution in [3.63, 3.8) is 0 Å². The molecule has 0 aromatic heterocycles. The van der Waals surface area contributed by atoms with Crippen LogP contribution in [0.4, 0.5) is 11.4 Å². The first-order valence-electron chi connectivity index (χ1n) is 3.68. The van der Waals surface area contributed by atoms with E-state index in [0.29, 0.717) is 17.1 Å². The van der Waals surface area contributed by atoms with Gasteiger partial charge in [0.25, 0.3) is 5.91 Å². The average molecular weight is 243 g/mol. The normalized spacial score (nSPS) is 14.4. The van der Waals surface area contributed by atoms with E-state index in [1.165, 1.54) is 0 Å². The lowest BCUT2D eigenvalue weighted by molar-refractivity contribution is -0.118. The molecule has 1 aliphatic heterocycles. The Morgan fingerprint density at radius 1 is 1.54 bits per heavy atom. The van der Waals surface area contributed by atoms with Crippen molar-refractivity contribution in [2.45, 2.75) is 0 Å². The Morgan fingerprint density at radius 2 is 2.31 bits per heavy atom. The van der Waals surface area contributed by atoms with Gasteiger partial charge in [0.2, 0.25) is 0 Å². The van der Waals surface area contributed by atoms with E-state index in [9.17, 15) is 4.79 Å². The van der Waals surface area contributed by atoms with Gasteiger partial charge >= 0.3 is 0 Å². The number of hydrogen-bond acceptors (Lipinski definition) is 3. The molecule has 0 fully saturated rings. The number of nitrogens with one attached hydrogen (secondary N) is 1. The molecule has 68 valence electrons. The smallest absolute Gasteiger partial charge is 0.262 e. The molecule has 0 saturated heterocycles. The number of benzene rings is 1. The van der Waals surface area contributed by atoms with Gasteiger partial charge in [0.15, 0.2) is 12.4 Å². The van der Waals surface area contributed by atoms with Crippen LogP contribution < -0.4 is 15.8 Å². The van der Waals surface area contributed by atoms with Crippen molar-refractivity contribution in [3.8, 4) is 5.75 Å². The number of halogens is 1. The van der Waals surface area contributed by atoms with Crippen LogP contribution >= 0.6 is 15.9 Å². The maximum absolute atomic E-state index is 11.0. The summed E-state index contributed by atoms with van der Waals surface area (Å²) in [6.07, 6.45) is 0. The van der Waals surface area contributed by atoms with Gasteiger partial charge in [-0.3, -0.25) is 4.79 Å². The zero-order valence-electron chi connectivity index (χ0n) is 6.63. The summed E-state index contributed by atoms with van der Waals surface area (Å²) in [5, 5.41) is 2.67. The Morgan fingerprint density at radius 3 is 3.08 bits per heavy atom. The number of hydrogen-bond donors (Lipinski definition) is 2. The molecule has 1 heterocycles. The van der Waals surface area contributed by atoms with E-state index in [1.807, 2.05) is 0 Å². The Kier molecular flexibility index (Phi) is 1.88. The van der Waals surface area contributed by atoms with E-state index in [1.54, 1.807) is 12.1 Å². The monoisotopic (exact) mass is 242 g/mol. The van der Waals surface area contributed by atoms with Gasteiger partial charge in [-0.1, -0.05) is 0 Å². The first-order valence-corrected chi connectivity index (χ1v) is 4.48. The number of carbonyl (C=O) groups is 1. The number of nitrogens with two attached hydrogens (primary N) is 1. The third-order valence-electron chi connectivity index (χ3n) is 1.69. The van der Waals surface area contributed by atoms with Gasteiger partial charge in [-0.2, -0.15) is 0 Å². The quantitative estimate of drug-likeness (QED) is 0.676. The number of ether oxygens (including phenoxy) is 1. The summed E-state index contributed by atoms with van der Waals surface area (Å²) in [5.74, 6) is 0.471. The fourth-order valence-corrected chi connectivity index (χ4v) is 1.77. The Hall–Kier alpha value is -1.23. The zero-order chi connectivity index (χ0) is 9.42. The Labute approximate surface area is 83.2 Å². The molecule has 1 aromatic carbocycles. The van der Waals surface area contributed by atoms with Crippen LogP contribution in [0.25, 0.3) is 0 Å². The minimum absolute atomic E-state index is 0.0511. The number of anilines is 2. The highest BCUT2D eigenvalue weighted by molar-refractivity contribution is 9.10. The van der Waals surface area contributed by atoms with Gasteiger partial charge in [-0.05, 0) is 28.1 Å². The number of rotatable bonds is 0. The Bertz CT molecular complexity index is 379. The van der Waals surface area contributed by atoms with Crippen molar-refractivity contribution in [2.24, 2.45) is 0 Å². The molecule has 1 aliphatic rings. The molecule has 0 saturated carbocycles. The predicted octanol–water partition coefficient (Wildman–Crippen LogP) is 1.36. The van der Waals surface area contributed by atoms with Crippen LogP contribution in [-0.2, 0) is 4.79 Å². The minimum Gasteiger partial charge on any atom is -0.480 e. The molecule has 5 heteroatoms. The summed E-state index contributed by atoms with van der Waals surface area (Å²) in [7, 11) is 0. The molecule has 0 unspecified atom stereocenters. The Balaban J connectivity index is 2.53. The average Bonchev–Trinajstić information content (AvgIpc) is 2.02. The molecule has 0 bridgehead atoms. The van der Waals surface area contributed by atoms with Crippen LogP contribution in [-0.4, -0.2) is 12.5 Å². The van der Waals surface area contributed by atoms with Crippen LogP contribution in [0.3, 0.4) is 0 Å². The van der Waals surface area contributed by atoms with E-state index >= 15 is 0 Å². The number of amides is 1. The van der Waals surface area contributed by atoms with Crippen LogP contribution in [0, 0.1) is 0 Å². The van der Waals surface area contributed by atoms with Crippen LogP contribution in [0.5, 0.6) is 5.75 Å². The van der Waals surface area contributed by atoms with Gasteiger partial charge < -0.3 is 15.8 Å². The molecule has 0 radical (unpaired) electrons. The van der Waals surface area contributed by atoms with Gasteiger partial charge in [-0.15, -0.1) is 0 Å². The fourth-order valence-electron chi connectivity index (χ4n) is 1.18. The number of nitrogen functional groups attached to an aromatic ring is 1. The summed E-state index contributed by atoms with van der Waals surface area (Å²) < 4.78 is 5.96. The molecule has 4 nitrogen and oxygen atoms in total. The highest BCUT2D eigenvalue weighted by Gasteiger charge is 2.18. The summed E-state index contributed by atoms with van der Waals surface area (Å²) in [5.41, 5.74) is 6.79. The molecule has 0 spiro atoms. The van der Waals surface area contributed by atoms with Crippen molar-refractivity contribution >= 4 is 33.2 Å². The summed E-state index contributed by atoms with van der Waals surface area (Å²) in [4.78, 5) is 11.0. The highest BCUT2D eigenvalue weighted by Crippen LogP contribution is 2.37. The maximum Gasteiger partial charge on any atom is 0.262 e. The van der Waals surface area contributed by atoms with E-state index < -0.39 is 0 Å². The molecular weight excluding hydrogens is 236 g/mol. The summed E-state index contributed by atoms with van der Waals surface area (Å²) >= 11 is 3.30. The van der Waals surface area contributed by atoms with Gasteiger partial charge in [0, 0.05) is 5.69 Å². The van der Waals surface area contributed by atoms with Gasteiger partial charge in [0.1, 0.15) is 0 Å². The zero-order valence-corrected chi connectivity index (χ0v) is 8.22.